The van der Waals surface area contributed by atoms with Crippen LogP contribution in [0.5, 0.6) is 0 Å². The van der Waals surface area contributed by atoms with Gasteiger partial charge in [0.25, 0.3) is 5.97 Å². The van der Waals surface area contributed by atoms with Gasteiger partial charge < -0.3 is 8.85 Å². The lowest BCUT2D eigenvalue weighted by Crippen LogP contribution is -2.50. The summed E-state index contributed by atoms with van der Waals surface area (Å²) in [6, 6.07) is 0. The molecule has 4 aliphatic rings. The molecule has 35 heavy (non-hydrogen) atoms. The molecule has 0 spiro atoms. The van der Waals surface area contributed by atoms with E-state index in [1.807, 2.05) is 0 Å². The molecule has 0 heterocycles. The van der Waals surface area contributed by atoms with Gasteiger partial charge in [-0.15, -0.1) is 0 Å². The Labute approximate surface area is 217 Å². The highest BCUT2D eigenvalue weighted by atomic mass is 28.4. The van der Waals surface area contributed by atoms with Gasteiger partial charge >= 0.3 is 0 Å². The van der Waals surface area contributed by atoms with E-state index in [9.17, 15) is 4.79 Å². The Morgan fingerprint density at radius 3 is 2.40 bits per heavy atom. The van der Waals surface area contributed by atoms with Crippen LogP contribution in [0.15, 0.2) is 23.5 Å². The second kappa shape index (κ2) is 9.49. The first-order chi connectivity index (χ1) is 16.1. The maximum absolute atomic E-state index is 12.4. The molecule has 0 aromatic rings. The first kappa shape index (κ1) is 27.2. The third-order valence-corrected chi connectivity index (χ3v) is 11.9. The molecule has 0 N–H and O–H groups in total. The van der Waals surface area contributed by atoms with Crippen LogP contribution < -0.4 is 0 Å². The maximum atomic E-state index is 12.4. The summed E-state index contributed by atoms with van der Waals surface area (Å²) >= 11 is 0. The van der Waals surface area contributed by atoms with Crippen molar-refractivity contribution in [2.45, 2.75) is 118 Å². The third-order valence-electron chi connectivity index (χ3n) is 10.2. The van der Waals surface area contributed by atoms with Crippen molar-refractivity contribution in [3.63, 3.8) is 0 Å². The summed E-state index contributed by atoms with van der Waals surface area (Å²) in [7, 11) is -3.36. The summed E-state index contributed by atoms with van der Waals surface area (Å²) in [5, 5.41) is 0. The fraction of sp³-hybridized carbons (Fsp3) is 0.833. The van der Waals surface area contributed by atoms with E-state index in [-0.39, 0.29) is 5.97 Å². The van der Waals surface area contributed by atoms with Gasteiger partial charge in [-0.2, -0.15) is 0 Å². The van der Waals surface area contributed by atoms with E-state index in [1.165, 1.54) is 38.5 Å². The monoisotopic (exact) mass is 516 g/mol. The van der Waals surface area contributed by atoms with Gasteiger partial charge in [0.05, 0.1) is 5.76 Å². The van der Waals surface area contributed by atoms with E-state index in [0.29, 0.717) is 23.2 Å². The molecule has 0 aromatic heterocycles. The zero-order valence-corrected chi connectivity index (χ0v) is 26.1. The van der Waals surface area contributed by atoms with Gasteiger partial charge in [0.15, 0.2) is 0 Å². The van der Waals surface area contributed by atoms with E-state index < -0.39 is 16.6 Å². The van der Waals surface area contributed by atoms with Crippen molar-refractivity contribution in [3.8, 4) is 0 Å². The van der Waals surface area contributed by atoms with E-state index in [2.05, 4.69) is 72.2 Å². The fourth-order valence-electron chi connectivity index (χ4n) is 8.73. The number of rotatable bonds is 7. The highest BCUT2D eigenvalue weighted by Crippen LogP contribution is 2.67. The molecular formula is C30H52O3Si2. The minimum absolute atomic E-state index is 0.0294. The molecule has 0 saturated heterocycles. The van der Waals surface area contributed by atoms with Gasteiger partial charge in [-0.05, 0) is 143 Å². The van der Waals surface area contributed by atoms with Crippen LogP contribution in [0, 0.1) is 40.4 Å². The Morgan fingerprint density at radius 2 is 1.74 bits per heavy atom. The van der Waals surface area contributed by atoms with Crippen LogP contribution in [0.1, 0.15) is 78.6 Å². The van der Waals surface area contributed by atoms with Crippen LogP contribution in [0.4, 0.5) is 0 Å². The van der Waals surface area contributed by atoms with Crippen molar-refractivity contribution in [1.82, 2.24) is 0 Å². The molecule has 0 aromatic carbocycles. The minimum Gasteiger partial charge on any atom is -0.545 e. The van der Waals surface area contributed by atoms with Crippen molar-refractivity contribution in [2.75, 3.05) is 0 Å². The average Bonchev–Trinajstić information content (AvgIpc) is 3.07. The van der Waals surface area contributed by atoms with Crippen molar-refractivity contribution < 1.29 is 13.6 Å². The summed E-state index contributed by atoms with van der Waals surface area (Å²) < 4.78 is 12.1. The van der Waals surface area contributed by atoms with E-state index >= 15 is 0 Å². The van der Waals surface area contributed by atoms with Crippen LogP contribution in [-0.2, 0) is 13.6 Å². The average molecular weight is 517 g/mol. The predicted octanol–water partition coefficient (Wildman–Crippen LogP) is 8.71. The smallest absolute Gasteiger partial charge is 0.292 e. The van der Waals surface area contributed by atoms with Crippen molar-refractivity contribution >= 4 is 22.6 Å². The minimum atomic E-state index is -1.79. The second-order valence-electron chi connectivity index (χ2n) is 14.9. The van der Waals surface area contributed by atoms with Gasteiger partial charge in [-0.1, -0.05) is 26.3 Å². The van der Waals surface area contributed by atoms with Crippen LogP contribution in [0.25, 0.3) is 0 Å². The summed E-state index contributed by atoms with van der Waals surface area (Å²) in [5.41, 5.74) is 2.43. The summed E-state index contributed by atoms with van der Waals surface area (Å²) in [5.74, 6) is 5.05. The fourth-order valence-corrected chi connectivity index (χ4v) is 10.4. The van der Waals surface area contributed by atoms with Gasteiger partial charge in [-0.25, -0.2) is 0 Å². The summed E-state index contributed by atoms with van der Waals surface area (Å²) in [6.07, 6.45) is 15.7. The quantitative estimate of drug-likeness (QED) is 0.317. The highest BCUT2D eigenvalue weighted by molar-refractivity contribution is 6.71. The Hall–Kier alpha value is -0.816. The molecule has 0 aliphatic heterocycles. The second-order valence-corrected chi connectivity index (χ2v) is 23.7. The SMILES string of the molecule is CC(CCC(=O)O[Si](C)(C)C)[C@H]1CCC2C3CCC4=CC(O[Si](C)(C)C)=CC[C@]4(C)C3CC[C@@]21C. The van der Waals surface area contributed by atoms with Crippen LogP contribution in [0.3, 0.4) is 0 Å². The number of hydrogen-bond acceptors (Lipinski definition) is 3. The molecule has 0 radical (unpaired) electrons. The predicted molar refractivity (Wildman–Crippen MR) is 151 cm³/mol. The Bertz CT molecular complexity index is 879. The van der Waals surface area contributed by atoms with E-state index in [4.69, 9.17) is 8.85 Å². The van der Waals surface area contributed by atoms with Gasteiger partial charge in [0, 0.05) is 6.42 Å². The van der Waals surface area contributed by atoms with Crippen LogP contribution in [0.2, 0.25) is 39.3 Å². The molecular weight excluding hydrogens is 464 g/mol. The number of allylic oxidation sites excluding steroid dienone is 3. The summed E-state index contributed by atoms with van der Waals surface area (Å²) in [6.45, 7) is 20.8. The van der Waals surface area contributed by atoms with Crippen LogP contribution in [-0.4, -0.2) is 22.6 Å². The molecule has 4 rings (SSSR count). The number of carbonyl (C=O) groups is 1. The lowest BCUT2D eigenvalue weighted by atomic mass is 9.47. The maximum Gasteiger partial charge on any atom is 0.292 e. The summed E-state index contributed by atoms with van der Waals surface area (Å²) in [4.78, 5) is 12.4. The lowest BCUT2D eigenvalue weighted by molar-refractivity contribution is -0.135. The molecule has 0 amide bonds. The third kappa shape index (κ3) is 5.56. The molecule has 7 atom stereocenters. The molecule has 3 fully saturated rings. The zero-order valence-electron chi connectivity index (χ0n) is 24.1. The molecule has 5 heteroatoms. The van der Waals surface area contributed by atoms with E-state index in [0.717, 1.165) is 42.3 Å². The molecule has 3 saturated carbocycles. The molecule has 0 bridgehead atoms. The molecule has 3 nitrogen and oxygen atoms in total. The first-order valence-corrected chi connectivity index (χ1v) is 21.3. The largest absolute Gasteiger partial charge is 0.545 e. The molecule has 4 unspecified atom stereocenters. The van der Waals surface area contributed by atoms with Crippen molar-refractivity contribution in [2.24, 2.45) is 40.4 Å². The normalized spacial score (nSPS) is 37.9. The Balaban J connectivity index is 1.43. The Kier molecular flexibility index (Phi) is 7.38. The van der Waals surface area contributed by atoms with Gasteiger partial charge in [-0.3, -0.25) is 4.79 Å². The van der Waals surface area contributed by atoms with Gasteiger partial charge in [0.2, 0.25) is 16.6 Å². The van der Waals surface area contributed by atoms with Crippen LogP contribution >= 0.6 is 0 Å². The number of carbonyl (C=O) groups excluding carboxylic acids is 1. The molecule has 4 aliphatic carbocycles. The highest BCUT2D eigenvalue weighted by Gasteiger charge is 2.59. The van der Waals surface area contributed by atoms with Crippen molar-refractivity contribution in [3.05, 3.63) is 23.5 Å². The standard InChI is InChI=1S/C30H52O3Si2/c1-21(10-15-28(31)33-35(7,8)9)25-13-14-26-24-12-11-22-20-23(32-34(4,5)6)16-18-29(22,2)27(24)17-19-30(25,26)3/h16,20-21,24-27H,10-15,17-19H2,1-9H3/t21?,24?,25-,26?,27?,29+,30-/m1/s1. The first-order valence-electron chi connectivity index (χ1n) is 14.4. The number of fused-ring (bicyclic) bond motifs is 5. The lowest BCUT2D eigenvalue weighted by Gasteiger charge is -2.58. The van der Waals surface area contributed by atoms with Crippen molar-refractivity contribution in [1.29, 1.82) is 0 Å². The van der Waals surface area contributed by atoms with Gasteiger partial charge in [0.1, 0.15) is 0 Å². The molecule has 198 valence electrons. The van der Waals surface area contributed by atoms with E-state index in [1.54, 1.807) is 5.57 Å². The topological polar surface area (TPSA) is 35.5 Å². The number of hydrogen-bond donors (Lipinski definition) is 0. The Morgan fingerprint density at radius 1 is 1.03 bits per heavy atom. The zero-order chi connectivity index (χ0) is 25.8.